The van der Waals surface area contributed by atoms with E-state index in [0.29, 0.717) is 93.5 Å². The molecular weight excluding hydrogens is 1150 g/mol. The second kappa shape index (κ2) is 23.1. The number of hydrogen-bond acceptors (Lipinski definition) is 18. The number of aromatic nitrogens is 6. The summed E-state index contributed by atoms with van der Waals surface area (Å²) >= 11 is 0. The highest BCUT2D eigenvalue weighted by atomic mass is 32.2. The zero-order valence-corrected chi connectivity index (χ0v) is 51.8. The fourth-order valence-corrected chi connectivity index (χ4v) is 14.5. The topological polar surface area (TPSA) is 362 Å². The number of nitrogen functional groups attached to an aromatic ring is 3. The number of carboxylic acids is 1. The Balaban J connectivity index is 0.000000142. The van der Waals surface area contributed by atoms with Gasteiger partial charge >= 0.3 is 5.97 Å². The standard InChI is InChI=1S/2C19H25N5O3S.C12H15NO2.C7H12N4O2S/c1-19(2)10-14(12-6-4-5-7-15(12)21-19)18(25)24-16-11-23(28(3,26)27)9-8-13(16)17(20)22-24;1-19(2)10-14(12-6-4-5-7-15(12)21-19)18(25)24-17(20)13-8-9-23(28(3,26)27)11-16(13)22-24;1-12(2)7-9(11(14)15)8-5-3-4-6-10(8)13-12;1-14(12,13)11-3-2-5-6(4-11)9-10-7(5)8/h4-7,14,21H,8-11H2,1-3H3,(H2,20,22);4-7,14,21H,8-11,20H2,1-3H3;3-6,9,13H,7H2,1-2H3,(H,14,15);2-4H2,1H3,(H3,8,9,10). The van der Waals surface area contributed by atoms with Crippen molar-refractivity contribution >= 4 is 82.4 Å². The molecule has 0 bridgehead atoms. The molecule has 28 heteroatoms. The highest BCUT2D eigenvalue weighted by Gasteiger charge is 2.41. The van der Waals surface area contributed by atoms with Crippen molar-refractivity contribution in [1.82, 2.24) is 42.7 Å². The van der Waals surface area contributed by atoms with Crippen molar-refractivity contribution < 1.29 is 44.7 Å². The van der Waals surface area contributed by atoms with Crippen LogP contribution in [0.3, 0.4) is 0 Å². The van der Waals surface area contributed by atoms with Crippen LogP contribution in [-0.2, 0) is 73.8 Å². The molecule has 3 atom stereocenters. The zero-order chi connectivity index (χ0) is 61.9. The van der Waals surface area contributed by atoms with E-state index in [2.05, 4.69) is 64.0 Å². The molecule has 0 radical (unpaired) electrons. The normalized spacial score (nSPS) is 21.1. The van der Waals surface area contributed by atoms with Crippen molar-refractivity contribution in [3.63, 3.8) is 0 Å². The van der Waals surface area contributed by atoms with Gasteiger partial charge in [-0.15, -0.1) is 5.10 Å². The van der Waals surface area contributed by atoms with Gasteiger partial charge < -0.3 is 38.3 Å². The fourth-order valence-electron chi connectivity index (χ4n) is 12.1. The van der Waals surface area contributed by atoms with Crippen molar-refractivity contribution in [2.24, 2.45) is 0 Å². The minimum absolute atomic E-state index is 0.111. The van der Waals surface area contributed by atoms with Gasteiger partial charge in [-0.05, 0) is 115 Å². The first-order valence-corrected chi connectivity index (χ1v) is 33.5. The highest BCUT2D eigenvalue weighted by Crippen LogP contribution is 2.43. The SMILES string of the molecule is CC1(C)CC(C(=O)O)c2ccccc2N1.CC1(C)CC(C(=O)n2nc(N)c3c2CN(S(C)(=O)=O)CC3)c2ccccc2N1.CC1(C)CC(C(=O)n2nc3c(c2N)CCN(S(C)(=O)=O)C3)c2ccccc2N1.CS(=O)(=O)N1CCc2c(N)n[nH]c2C1. The zero-order valence-electron chi connectivity index (χ0n) is 49.3. The van der Waals surface area contributed by atoms with Crippen LogP contribution in [0.2, 0.25) is 0 Å². The van der Waals surface area contributed by atoms with E-state index in [9.17, 15) is 44.7 Å². The average Bonchev–Trinajstić information content (AvgIpc) is 1.96. The summed E-state index contributed by atoms with van der Waals surface area (Å²) in [5, 5.41) is 34.8. The number of nitrogens with one attached hydrogen (secondary N) is 4. The van der Waals surface area contributed by atoms with Crippen LogP contribution in [0.25, 0.3) is 0 Å². The lowest BCUT2D eigenvalue weighted by atomic mass is 9.80. The van der Waals surface area contributed by atoms with Gasteiger partial charge in [-0.2, -0.15) is 27.8 Å². The first-order chi connectivity index (χ1) is 39.6. The van der Waals surface area contributed by atoms with Crippen LogP contribution < -0.4 is 33.2 Å². The number of aliphatic carboxylic acids is 1. The Morgan fingerprint density at radius 1 is 0.529 bits per heavy atom. The van der Waals surface area contributed by atoms with Gasteiger partial charge in [0.25, 0.3) is 11.8 Å². The van der Waals surface area contributed by atoms with Crippen LogP contribution in [0, 0.1) is 0 Å². The van der Waals surface area contributed by atoms with E-state index in [1.807, 2.05) is 86.6 Å². The van der Waals surface area contributed by atoms with Crippen LogP contribution in [0.15, 0.2) is 72.8 Å². The van der Waals surface area contributed by atoms with Crippen molar-refractivity contribution in [1.29, 1.82) is 0 Å². The molecule has 0 saturated carbocycles. The van der Waals surface area contributed by atoms with E-state index in [1.165, 1.54) is 41.0 Å². The summed E-state index contributed by atoms with van der Waals surface area (Å²) in [4.78, 5) is 38.1. The number of fused-ring (bicyclic) bond motifs is 6. The Kier molecular flexibility index (Phi) is 16.9. The lowest BCUT2D eigenvalue weighted by Gasteiger charge is -2.38. The smallest absolute Gasteiger partial charge is 0.311 e. The number of anilines is 6. The van der Waals surface area contributed by atoms with Gasteiger partial charge in [0.15, 0.2) is 0 Å². The minimum atomic E-state index is -3.36. The number of H-pyrrole nitrogens is 1. The van der Waals surface area contributed by atoms with Gasteiger partial charge in [0.05, 0.1) is 73.2 Å². The molecule has 3 aromatic carbocycles. The van der Waals surface area contributed by atoms with Gasteiger partial charge in [0.1, 0.15) is 17.5 Å². The van der Waals surface area contributed by atoms with Crippen LogP contribution in [0.4, 0.5) is 34.5 Å². The predicted octanol–water partition coefficient (Wildman–Crippen LogP) is 5.36. The molecule has 6 aliphatic heterocycles. The Hall–Kier alpha value is -7.37. The van der Waals surface area contributed by atoms with E-state index in [1.54, 1.807) is 0 Å². The van der Waals surface area contributed by atoms with Gasteiger partial charge in [-0.25, -0.2) is 29.9 Å². The molecule has 85 heavy (non-hydrogen) atoms. The number of rotatable bonds is 6. The molecule has 0 fully saturated rings. The van der Waals surface area contributed by atoms with E-state index in [-0.39, 0.29) is 53.4 Å². The Bertz CT molecular complexity index is 3930. The molecule has 6 aromatic rings. The number of nitrogens with zero attached hydrogens (tertiary/aromatic N) is 8. The average molecular weight is 1230 g/mol. The monoisotopic (exact) mass is 1230 g/mol. The Morgan fingerprint density at radius 2 is 0.929 bits per heavy atom. The Morgan fingerprint density at radius 3 is 1.40 bits per heavy atom. The minimum Gasteiger partial charge on any atom is -0.481 e. The fraction of sp³-hybridized carbons (Fsp3) is 0.474. The second-order valence-corrected chi connectivity index (χ2v) is 30.6. The van der Waals surface area contributed by atoms with E-state index < -0.39 is 42.0 Å². The first kappa shape index (κ1) is 62.2. The number of sulfonamides is 3. The maximum Gasteiger partial charge on any atom is 0.311 e. The lowest BCUT2D eigenvalue weighted by molar-refractivity contribution is -0.139. The van der Waals surface area contributed by atoms with Gasteiger partial charge in [0.2, 0.25) is 30.1 Å². The van der Waals surface area contributed by atoms with Gasteiger partial charge in [-0.3, -0.25) is 19.5 Å². The molecule has 0 spiro atoms. The number of benzene rings is 3. The van der Waals surface area contributed by atoms with E-state index >= 15 is 0 Å². The Labute approximate surface area is 496 Å². The molecule has 3 unspecified atom stereocenters. The molecule has 3 aromatic heterocycles. The highest BCUT2D eigenvalue weighted by molar-refractivity contribution is 7.88. The molecule has 9 heterocycles. The second-order valence-electron chi connectivity index (χ2n) is 24.6. The van der Waals surface area contributed by atoms with Crippen molar-refractivity contribution in [2.75, 3.05) is 71.6 Å². The first-order valence-electron chi connectivity index (χ1n) is 27.9. The third-order valence-electron chi connectivity index (χ3n) is 16.3. The third-order valence-corrected chi connectivity index (χ3v) is 20.1. The summed E-state index contributed by atoms with van der Waals surface area (Å²) in [6, 6.07) is 23.2. The van der Waals surface area contributed by atoms with Crippen molar-refractivity contribution in [2.45, 2.75) is 134 Å². The molecule has 0 aliphatic carbocycles. The largest absolute Gasteiger partial charge is 0.481 e. The van der Waals surface area contributed by atoms with Crippen LogP contribution in [0.1, 0.15) is 139 Å². The summed E-state index contributed by atoms with van der Waals surface area (Å²) in [6.07, 6.45) is 6.94. The van der Waals surface area contributed by atoms with Gasteiger partial charge in [0, 0.05) is 70.0 Å². The van der Waals surface area contributed by atoms with Gasteiger partial charge in [-0.1, -0.05) is 54.6 Å². The molecule has 11 N–H and O–H groups in total. The maximum absolute atomic E-state index is 13.5. The molecule has 0 saturated heterocycles. The number of carbonyl (C=O) groups excluding carboxylic acids is 2. The summed E-state index contributed by atoms with van der Waals surface area (Å²) in [7, 11) is -9.80. The number of hydrogen-bond donors (Lipinski definition) is 8. The summed E-state index contributed by atoms with van der Waals surface area (Å²) < 4.78 is 77.0. The molecule has 458 valence electrons. The lowest BCUT2D eigenvalue weighted by Crippen LogP contribution is -2.41. The summed E-state index contributed by atoms with van der Waals surface area (Å²) in [6.45, 7) is 14.1. The number of aromatic amines is 1. The number of carbonyl (C=O) groups is 3. The number of para-hydroxylation sites is 3. The van der Waals surface area contributed by atoms with Crippen LogP contribution >= 0.6 is 0 Å². The van der Waals surface area contributed by atoms with Crippen LogP contribution in [-0.4, -0.2) is 146 Å². The molecular formula is C57H77N15O10S3. The maximum atomic E-state index is 13.5. The van der Waals surface area contributed by atoms with E-state index in [4.69, 9.17) is 17.2 Å². The number of carboxylic acid groups (broad SMARTS) is 1. The van der Waals surface area contributed by atoms with Crippen molar-refractivity contribution in [3.05, 3.63) is 123 Å². The summed E-state index contributed by atoms with van der Waals surface area (Å²) in [5.41, 5.74) is 27.3. The number of nitrogens with two attached hydrogens (primary N) is 3. The molecule has 25 nitrogen and oxygen atoms in total. The van der Waals surface area contributed by atoms with Crippen LogP contribution in [0.5, 0.6) is 0 Å². The molecule has 6 aliphatic rings. The van der Waals surface area contributed by atoms with E-state index in [0.717, 1.165) is 56.1 Å². The quantitative estimate of drug-likeness (QED) is 0.104. The third kappa shape index (κ3) is 13.5. The summed E-state index contributed by atoms with van der Waals surface area (Å²) in [5.74, 6) is -1.14. The van der Waals surface area contributed by atoms with Crippen molar-refractivity contribution in [3.8, 4) is 0 Å². The molecule has 0 amide bonds. The molecule has 12 rings (SSSR count). The predicted molar refractivity (Wildman–Crippen MR) is 327 cm³/mol.